The van der Waals surface area contributed by atoms with Crippen LogP contribution in [-0.2, 0) is 14.3 Å². The zero-order valence-corrected chi connectivity index (χ0v) is 20.9. The Hall–Kier alpha value is -3.99. The number of carbonyl (C=O) groups is 3. The molecule has 0 saturated carbocycles. The van der Waals surface area contributed by atoms with Gasteiger partial charge in [0, 0.05) is 12.5 Å². The summed E-state index contributed by atoms with van der Waals surface area (Å²) in [5.74, 6) is 1.84. The van der Waals surface area contributed by atoms with Crippen molar-refractivity contribution in [3.8, 4) is 23.5 Å². The Morgan fingerprint density at radius 3 is 2.17 bits per heavy atom. The van der Waals surface area contributed by atoms with Crippen molar-refractivity contribution in [3.05, 3.63) is 59.7 Å². The summed E-state index contributed by atoms with van der Waals surface area (Å²) in [5.41, 5.74) is 3.86. The fraction of sp³-hybridized carbons (Fsp3) is 0.393. The van der Waals surface area contributed by atoms with Crippen LogP contribution in [0, 0.1) is 12.3 Å². The number of amides is 3. The first-order valence-electron chi connectivity index (χ1n) is 12.0. The number of hydrogen-bond donors (Lipinski definition) is 3. The molecule has 1 aliphatic carbocycles. The summed E-state index contributed by atoms with van der Waals surface area (Å²) in [4.78, 5) is 37.0. The van der Waals surface area contributed by atoms with E-state index in [9.17, 15) is 14.4 Å². The SMILES string of the molecule is C#CCNC(=O)[C@H](CCCNC(=O)OC(C)(C)C)NC(=O)OCC1c2ccccc2-c2ccccc21. The van der Waals surface area contributed by atoms with Gasteiger partial charge in [0.05, 0.1) is 6.54 Å². The standard InChI is InChI=1S/C28H33N3O5/c1-5-16-29-25(32)24(15-10-17-30-26(33)36-28(2,3)4)31-27(34)35-18-23-21-13-8-6-11-19(21)20-12-7-9-14-22(20)23/h1,6-9,11-14,23-24H,10,15-18H2,2-4H3,(H,29,32)(H,30,33)(H,31,34)/t24-/m0/s1. The third-order valence-corrected chi connectivity index (χ3v) is 5.65. The topological polar surface area (TPSA) is 106 Å². The van der Waals surface area contributed by atoms with Crippen LogP contribution in [0.25, 0.3) is 11.1 Å². The zero-order valence-electron chi connectivity index (χ0n) is 20.9. The minimum Gasteiger partial charge on any atom is -0.449 e. The van der Waals surface area contributed by atoms with Crippen molar-refractivity contribution in [2.45, 2.75) is 51.2 Å². The molecule has 3 N–H and O–H groups in total. The molecule has 190 valence electrons. The Labute approximate surface area is 212 Å². The summed E-state index contributed by atoms with van der Waals surface area (Å²) in [6.45, 7) is 5.78. The van der Waals surface area contributed by atoms with Gasteiger partial charge in [-0.1, -0.05) is 54.5 Å². The second-order valence-corrected chi connectivity index (χ2v) is 9.52. The number of carbonyl (C=O) groups excluding carboxylic acids is 3. The normalized spacial score (nSPS) is 12.9. The molecule has 36 heavy (non-hydrogen) atoms. The van der Waals surface area contributed by atoms with Crippen molar-refractivity contribution >= 4 is 18.1 Å². The summed E-state index contributed by atoms with van der Waals surface area (Å²) in [5, 5.41) is 7.86. The van der Waals surface area contributed by atoms with E-state index in [1.807, 2.05) is 36.4 Å². The van der Waals surface area contributed by atoms with Crippen LogP contribution in [0.1, 0.15) is 50.7 Å². The van der Waals surface area contributed by atoms with Crippen molar-refractivity contribution in [2.75, 3.05) is 19.7 Å². The molecule has 0 aliphatic heterocycles. The maximum absolute atomic E-state index is 12.7. The van der Waals surface area contributed by atoms with Gasteiger partial charge in [-0.3, -0.25) is 4.79 Å². The van der Waals surface area contributed by atoms with Crippen LogP contribution < -0.4 is 16.0 Å². The number of benzene rings is 2. The van der Waals surface area contributed by atoms with E-state index in [1.165, 1.54) is 0 Å². The van der Waals surface area contributed by atoms with E-state index in [2.05, 4.69) is 34.0 Å². The Bertz CT molecular complexity index is 1090. The minimum atomic E-state index is -0.866. The van der Waals surface area contributed by atoms with Crippen LogP contribution in [0.4, 0.5) is 9.59 Å². The highest BCUT2D eigenvalue weighted by molar-refractivity contribution is 5.86. The van der Waals surface area contributed by atoms with Gasteiger partial charge in [0.1, 0.15) is 18.2 Å². The highest BCUT2D eigenvalue weighted by Crippen LogP contribution is 2.44. The fourth-order valence-corrected chi connectivity index (χ4v) is 4.12. The molecule has 0 bridgehead atoms. The molecule has 3 rings (SSSR count). The van der Waals surface area contributed by atoms with Crippen molar-refractivity contribution in [1.29, 1.82) is 0 Å². The van der Waals surface area contributed by atoms with E-state index in [-0.39, 0.29) is 32.0 Å². The maximum Gasteiger partial charge on any atom is 0.407 e. The first kappa shape index (κ1) is 26.6. The average molecular weight is 492 g/mol. The van der Waals surface area contributed by atoms with E-state index in [1.54, 1.807) is 20.8 Å². The predicted molar refractivity (Wildman–Crippen MR) is 137 cm³/mol. The van der Waals surface area contributed by atoms with Crippen LogP contribution >= 0.6 is 0 Å². The van der Waals surface area contributed by atoms with Crippen molar-refractivity contribution in [2.24, 2.45) is 0 Å². The van der Waals surface area contributed by atoms with E-state index >= 15 is 0 Å². The lowest BCUT2D eigenvalue weighted by Crippen LogP contribution is -2.47. The summed E-state index contributed by atoms with van der Waals surface area (Å²) in [7, 11) is 0. The molecular formula is C28H33N3O5. The molecule has 0 aromatic heterocycles. The van der Waals surface area contributed by atoms with Crippen molar-refractivity contribution in [3.63, 3.8) is 0 Å². The van der Waals surface area contributed by atoms with E-state index in [0.717, 1.165) is 22.3 Å². The van der Waals surface area contributed by atoms with Crippen LogP contribution in [0.3, 0.4) is 0 Å². The summed E-state index contributed by atoms with van der Waals surface area (Å²) in [6, 6.07) is 15.2. The molecule has 1 atom stereocenters. The second kappa shape index (κ2) is 12.1. The van der Waals surface area contributed by atoms with Gasteiger partial charge < -0.3 is 25.4 Å². The first-order valence-corrected chi connectivity index (χ1v) is 12.0. The van der Waals surface area contributed by atoms with E-state index in [4.69, 9.17) is 15.9 Å². The molecule has 0 heterocycles. The lowest BCUT2D eigenvalue weighted by molar-refractivity contribution is -0.123. The van der Waals surface area contributed by atoms with Gasteiger partial charge in [-0.15, -0.1) is 6.42 Å². The molecule has 2 aromatic rings. The summed E-state index contributed by atoms with van der Waals surface area (Å²) < 4.78 is 10.8. The number of alkyl carbamates (subject to hydrolysis) is 2. The fourth-order valence-electron chi connectivity index (χ4n) is 4.12. The predicted octanol–water partition coefficient (Wildman–Crippen LogP) is 3.95. The second-order valence-electron chi connectivity index (χ2n) is 9.52. The monoisotopic (exact) mass is 491 g/mol. The zero-order chi connectivity index (χ0) is 26.1. The molecule has 2 aromatic carbocycles. The van der Waals surface area contributed by atoms with Crippen molar-refractivity contribution < 1.29 is 23.9 Å². The van der Waals surface area contributed by atoms with Gasteiger partial charge in [0.25, 0.3) is 0 Å². The molecule has 0 radical (unpaired) electrons. The van der Waals surface area contributed by atoms with Crippen LogP contribution in [-0.4, -0.2) is 49.4 Å². The van der Waals surface area contributed by atoms with Gasteiger partial charge in [0.2, 0.25) is 5.91 Å². The number of hydrogen-bond acceptors (Lipinski definition) is 5. The molecule has 8 nitrogen and oxygen atoms in total. The minimum absolute atomic E-state index is 0.0395. The summed E-state index contributed by atoms with van der Waals surface area (Å²) >= 11 is 0. The average Bonchev–Trinajstić information content (AvgIpc) is 3.15. The number of ether oxygens (including phenoxy) is 2. The first-order chi connectivity index (χ1) is 17.2. The largest absolute Gasteiger partial charge is 0.449 e. The van der Waals surface area contributed by atoms with Crippen LogP contribution in [0.5, 0.6) is 0 Å². The lowest BCUT2D eigenvalue weighted by Gasteiger charge is -2.21. The maximum atomic E-state index is 12.7. The van der Waals surface area contributed by atoms with E-state index < -0.39 is 29.7 Å². The van der Waals surface area contributed by atoms with Gasteiger partial charge in [-0.05, 0) is 55.9 Å². The third-order valence-electron chi connectivity index (χ3n) is 5.65. The van der Waals surface area contributed by atoms with Crippen LogP contribution in [0.2, 0.25) is 0 Å². The molecule has 3 amide bonds. The number of fused-ring (bicyclic) bond motifs is 3. The highest BCUT2D eigenvalue weighted by atomic mass is 16.6. The quantitative estimate of drug-likeness (QED) is 0.364. The van der Waals surface area contributed by atoms with Gasteiger partial charge >= 0.3 is 12.2 Å². The number of nitrogens with one attached hydrogen (secondary N) is 3. The lowest BCUT2D eigenvalue weighted by atomic mass is 9.98. The van der Waals surface area contributed by atoms with Gasteiger partial charge in [-0.25, -0.2) is 9.59 Å². The van der Waals surface area contributed by atoms with Crippen molar-refractivity contribution in [1.82, 2.24) is 16.0 Å². The van der Waals surface area contributed by atoms with Crippen LogP contribution in [0.15, 0.2) is 48.5 Å². The number of terminal acetylenes is 1. The van der Waals surface area contributed by atoms with Gasteiger partial charge in [-0.2, -0.15) is 0 Å². The Kier molecular flexibility index (Phi) is 8.96. The number of rotatable bonds is 9. The highest BCUT2D eigenvalue weighted by Gasteiger charge is 2.29. The Morgan fingerprint density at radius 1 is 0.972 bits per heavy atom. The Morgan fingerprint density at radius 2 is 1.58 bits per heavy atom. The van der Waals surface area contributed by atoms with E-state index in [0.29, 0.717) is 6.42 Å². The third kappa shape index (κ3) is 7.25. The Balaban J connectivity index is 1.56. The smallest absolute Gasteiger partial charge is 0.407 e. The van der Waals surface area contributed by atoms with Gasteiger partial charge in [0.15, 0.2) is 0 Å². The molecule has 0 saturated heterocycles. The molecule has 8 heteroatoms. The molecular weight excluding hydrogens is 458 g/mol. The molecule has 0 fully saturated rings. The molecule has 0 unspecified atom stereocenters. The molecule has 1 aliphatic rings. The summed E-state index contributed by atoms with van der Waals surface area (Å²) in [6.07, 6.45) is 4.70. The molecule has 0 spiro atoms.